The van der Waals surface area contributed by atoms with E-state index >= 15 is 0 Å². The van der Waals surface area contributed by atoms with Crippen molar-refractivity contribution in [2.75, 3.05) is 0 Å². The van der Waals surface area contributed by atoms with E-state index in [2.05, 4.69) is 28.9 Å². The molecule has 20 heavy (non-hydrogen) atoms. The lowest BCUT2D eigenvalue weighted by Gasteiger charge is -2.31. The Balaban J connectivity index is 1.99. The van der Waals surface area contributed by atoms with Crippen LogP contribution in [0.4, 0.5) is 0 Å². The summed E-state index contributed by atoms with van der Waals surface area (Å²) in [6.07, 6.45) is 0.623. The standard InChI is InChI=1S/C16H15BrClNO/c1-9-2-5-15-12(6-9)14(19)8-16(20-15)11-7-10(17)3-4-13(11)18/h2-7,14,16H,8,19H2,1H3. The first-order valence-corrected chi connectivity index (χ1v) is 7.69. The fraction of sp³-hybridized carbons (Fsp3) is 0.250. The van der Waals surface area contributed by atoms with Gasteiger partial charge < -0.3 is 10.5 Å². The molecule has 0 saturated heterocycles. The number of fused-ring (bicyclic) bond motifs is 1. The monoisotopic (exact) mass is 351 g/mol. The van der Waals surface area contributed by atoms with Crippen LogP contribution in [-0.4, -0.2) is 0 Å². The highest BCUT2D eigenvalue weighted by atomic mass is 79.9. The van der Waals surface area contributed by atoms with E-state index in [9.17, 15) is 0 Å². The smallest absolute Gasteiger partial charge is 0.127 e. The molecule has 2 unspecified atom stereocenters. The maximum Gasteiger partial charge on any atom is 0.127 e. The van der Waals surface area contributed by atoms with Crippen LogP contribution in [0, 0.1) is 6.92 Å². The van der Waals surface area contributed by atoms with Gasteiger partial charge in [0.15, 0.2) is 0 Å². The quantitative estimate of drug-likeness (QED) is 0.789. The number of halogens is 2. The summed E-state index contributed by atoms with van der Waals surface area (Å²) in [6, 6.07) is 11.9. The summed E-state index contributed by atoms with van der Waals surface area (Å²) in [5.41, 5.74) is 9.54. The van der Waals surface area contributed by atoms with Gasteiger partial charge in [-0.05, 0) is 31.2 Å². The third-order valence-corrected chi connectivity index (χ3v) is 4.44. The van der Waals surface area contributed by atoms with Crippen molar-refractivity contribution in [1.29, 1.82) is 0 Å². The molecule has 1 aliphatic heterocycles. The molecule has 0 bridgehead atoms. The van der Waals surface area contributed by atoms with Gasteiger partial charge in [-0.1, -0.05) is 45.2 Å². The fourth-order valence-electron chi connectivity index (χ4n) is 2.58. The Morgan fingerprint density at radius 1 is 1.20 bits per heavy atom. The highest BCUT2D eigenvalue weighted by molar-refractivity contribution is 9.10. The van der Waals surface area contributed by atoms with Gasteiger partial charge in [0, 0.05) is 33.1 Å². The van der Waals surface area contributed by atoms with Crippen LogP contribution in [0.1, 0.15) is 35.3 Å². The first-order valence-electron chi connectivity index (χ1n) is 6.52. The maximum absolute atomic E-state index is 6.30. The molecular formula is C16H15BrClNO. The van der Waals surface area contributed by atoms with E-state index in [1.165, 1.54) is 5.56 Å². The highest BCUT2D eigenvalue weighted by Crippen LogP contribution is 2.42. The normalized spacial score (nSPS) is 21.2. The minimum Gasteiger partial charge on any atom is -0.485 e. The third-order valence-electron chi connectivity index (χ3n) is 3.61. The molecule has 2 N–H and O–H groups in total. The lowest BCUT2D eigenvalue weighted by molar-refractivity contribution is 0.161. The second-order valence-corrected chi connectivity index (χ2v) is 6.48. The Kier molecular flexibility index (Phi) is 3.76. The second kappa shape index (κ2) is 5.40. The molecule has 0 spiro atoms. The number of hydrogen-bond acceptors (Lipinski definition) is 2. The van der Waals surface area contributed by atoms with Crippen molar-refractivity contribution in [2.24, 2.45) is 5.73 Å². The van der Waals surface area contributed by atoms with Crippen molar-refractivity contribution < 1.29 is 4.74 Å². The Labute approximate surface area is 132 Å². The molecule has 0 saturated carbocycles. The highest BCUT2D eigenvalue weighted by Gasteiger charge is 2.28. The molecule has 2 aromatic carbocycles. The van der Waals surface area contributed by atoms with E-state index in [0.29, 0.717) is 5.02 Å². The summed E-state index contributed by atoms with van der Waals surface area (Å²) in [6.45, 7) is 2.06. The van der Waals surface area contributed by atoms with Crippen molar-refractivity contribution in [2.45, 2.75) is 25.5 Å². The van der Waals surface area contributed by atoms with Crippen molar-refractivity contribution in [3.05, 3.63) is 62.6 Å². The number of rotatable bonds is 1. The number of benzene rings is 2. The topological polar surface area (TPSA) is 35.2 Å². The zero-order valence-electron chi connectivity index (χ0n) is 11.1. The van der Waals surface area contributed by atoms with Gasteiger partial charge in [0.2, 0.25) is 0 Å². The Morgan fingerprint density at radius 3 is 2.80 bits per heavy atom. The van der Waals surface area contributed by atoms with Crippen LogP contribution in [0.3, 0.4) is 0 Å². The summed E-state index contributed by atoms with van der Waals surface area (Å²) in [7, 11) is 0. The molecule has 3 rings (SSSR count). The van der Waals surface area contributed by atoms with Crippen LogP contribution < -0.4 is 10.5 Å². The van der Waals surface area contributed by atoms with E-state index < -0.39 is 0 Å². The third kappa shape index (κ3) is 2.58. The van der Waals surface area contributed by atoms with Crippen LogP contribution in [0.25, 0.3) is 0 Å². The minimum absolute atomic E-state index is 0.0290. The van der Waals surface area contributed by atoms with Gasteiger partial charge in [-0.15, -0.1) is 0 Å². The SMILES string of the molecule is Cc1ccc2c(c1)C(N)CC(c1cc(Br)ccc1Cl)O2. The van der Waals surface area contributed by atoms with Gasteiger partial charge in [0.05, 0.1) is 0 Å². The molecule has 0 aromatic heterocycles. The molecule has 1 aliphatic rings. The lowest BCUT2D eigenvalue weighted by Crippen LogP contribution is -2.24. The Hall–Kier alpha value is -1.03. The molecule has 0 aliphatic carbocycles. The first kappa shape index (κ1) is 13.9. The van der Waals surface area contributed by atoms with E-state index in [-0.39, 0.29) is 12.1 Å². The van der Waals surface area contributed by atoms with Crippen LogP contribution in [0.5, 0.6) is 5.75 Å². The van der Waals surface area contributed by atoms with Gasteiger partial charge in [-0.3, -0.25) is 0 Å². The van der Waals surface area contributed by atoms with Gasteiger partial charge in [0.25, 0.3) is 0 Å². The molecule has 0 fully saturated rings. The number of ether oxygens (including phenoxy) is 1. The van der Waals surface area contributed by atoms with Crippen molar-refractivity contribution in [3.8, 4) is 5.75 Å². The second-order valence-electron chi connectivity index (χ2n) is 5.16. The van der Waals surface area contributed by atoms with Gasteiger partial charge in [-0.25, -0.2) is 0 Å². The summed E-state index contributed by atoms with van der Waals surface area (Å²) in [5.74, 6) is 0.857. The molecule has 2 aromatic rings. The number of aryl methyl sites for hydroxylation is 1. The molecule has 2 atom stereocenters. The van der Waals surface area contributed by atoms with Crippen LogP contribution in [0.15, 0.2) is 40.9 Å². The molecule has 0 amide bonds. The number of hydrogen-bond donors (Lipinski definition) is 1. The van der Waals surface area contributed by atoms with E-state index in [4.69, 9.17) is 22.1 Å². The Morgan fingerprint density at radius 2 is 2.00 bits per heavy atom. The maximum atomic E-state index is 6.30. The predicted molar refractivity (Wildman–Crippen MR) is 85.2 cm³/mol. The first-order chi connectivity index (χ1) is 9.54. The van der Waals surface area contributed by atoms with Crippen LogP contribution in [-0.2, 0) is 0 Å². The van der Waals surface area contributed by atoms with E-state index in [0.717, 1.165) is 27.8 Å². The van der Waals surface area contributed by atoms with Crippen LogP contribution in [0.2, 0.25) is 5.02 Å². The summed E-state index contributed by atoms with van der Waals surface area (Å²) in [5, 5.41) is 0.709. The van der Waals surface area contributed by atoms with Crippen molar-refractivity contribution >= 4 is 27.5 Å². The average molecular weight is 353 g/mol. The van der Waals surface area contributed by atoms with Crippen molar-refractivity contribution in [3.63, 3.8) is 0 Å². The molecular weight excluding hydrogens is 338 g/mol. The summed E-state index contributed by atoms with van der Waals surface area (Å²) >= 11 is 9.76. The molecule has 1 heterocycles. The number of nitrogens with two attached hydrogens (primary N) is 1. The van der Waals surface area contributed by atoms with Crippen LogP contribution >= 0.6 is 27.5 Å². The predicted octanol–water partition coefficient (Wildman–Crippen LogP) is 4.93. The molecule has 0 radical (unpaired) electrons. The molecule has 104 valence electrons. The zero-order valence-corrected chi connectivity index (χ0v) is 13.4. The zero-order chi connectivity index (χ0) is 14.3. The largest absolute Gasteiger partial charge is 0.485 e. The van der Waals surface area contributed by atoms with E-state index in [1.54, 1.807) is 0 Å². The van der Waals surface area contributed by atoms with Gasteiger partial charge >= 0.3 is 0 Å². The van der Waals surface area contributed by atoms with Crippen molar-refractivity contribution in [1.82, 2.24) is 0 Å². The minimum atomic E-state index is -0.106. The summed E-state index contributed by atoms with van der Waals surface area (Å²) in [4.78, 5) is 0. The molecule has 4 heteroatoms. The van der Waals surface area contributed by atoms with Gasteiger partial charge in [-0.2, -0.15) is 0 Å². The van der Waals surface area contributed by atoms with Gasteiger partial charge in [0.1, 0.15) is 11.9 Å². The van der Waals surface area contributed by atoms with E-state index in [1.807, 2.05) is 30.3 Å². The molecule has 2 nitrogen and oxygen atoms in total. The fourth-order valence-corrected chi connectivity index (χ4v) is 3.19. The lowest BCUT2D eigenvalue weighted by atomic mass is 9.92. The summed E-state index contributed by atoms with van der Waals surface area (Å²) < 4.78 is 7.08. The Bertz CT molecular complexity index is 659. The average Bonchev–Trinajstić information content (AvgIpc) is 2.42.